The number of nitrogens with zero attached hydrogens (tertiary/aromatic N) is 2. The maximum absolute atomic E-state index is 4.97. The highest BCUT2D eigenvalue weighted by atomic mass is 32.1. The topological polar surface area (TPSA) is 47.0 Å². The molecule has 0 aliphatic heterocycles. The van der Waals surface area contributed by atoms with Crippen LogP contribution < -0.4 is 5.32 Å². The van der Waals surface area contributed by atoms with Crippen LogP contribution in [0.3, 0.4) is 0 Å². The molecular weight excluding hydrogens is 234 g/mol. The van der Waals surface area contributed by atoms with Crippen molar-refractivity contribution in [3.8, 4) is 0 Å². The van der Waals surface area contributed by atoms with Crippen molar-refractivity contribution in [1.29, 1.82) is 0 Å². The number of ether oxygens (including phenoxy) is 1. The molecule has 1 aromatic heterocycles. The third-order valence-corrected chi connectivity index (χ3v) is 3.96. The third kappa shape index (κ3) is 5.10. The number of aromatic nitrogens is 2. The maximum Gasteiger partial charge on any atom is 0.120 e. The van der Waals surface area contributed by atoms with E-state index in [-0.39, 0.29) is 0 Å². The standard InChI is InChI=1S/C12H23N3OS/c1-4-10(5-2)12-15-14-11(17-12)6-7-13-8-9-16-3/h10,13H,4-9H2,1-3H3. The summed E-state index contributed by atoms with van der Waals surface area (Å²) in [6.45, 7) is 7.02. The summed E-state index contributed by atoms with van der Waals surface area (Å²) >= 11 is 1.76. The van der Waals surface area contributed by atoms with Crippen LogP contribution in [0.4, 0.5) is 0 Å². The first-order valence-corrected chi connectivity index (χ1v) is 7.15. The SMILES string of the molecule is CCC(CC)c1nnc(CCNCCOC)s1. The second-order valence-corrected chi connectivity index (χ2v) is 5.13. The van der Waals surface area contributed by atoms with Crippen molar-refractivity contribution in [3.05, 3.63) is 10.0 Å². The lowest BCUT2D eigenvalue weighted by molar-refractivity contribution is 0.199. The molecule has 0 spiro atoms. The Morgan fingerprint density at radius 1 is 1.24 bits per heavy atom. The highest BCUT2D eigenvalue weighted by molar-refractivity contribution is 7.11. The van der Waals surface area contributed by atoms with Gasteiger partial charge in [-0.15, -0.1) is 21.5 Å². The van der Waals surface area contributed by atoms with Gasteiger partial charge in [0.2, 0.25) is 0 Å². The summed E-state index contributed by atoms with van der Waals surface area (Å²) in [6.07, 6.45) is 3.26. The summed E-state index contributed by atoms with van der Waals surface area (Å²) < 4.78 is 4.97. The summed E-state index contributed by atoms with van der Waals surface area (Å²) in [4.78, 5) is 0. The largest absolute Gasteiger partial charge is 0.383 e. The van der Waals surface area contributed by atoms with E-state index >= 15 is 0 Å². The van der Waals surface area contributed by atoms with E-state index in [0.717, 1.165) is 44.0 Å². The number of nitrogens with one attached hydrogen (secondary N) is 1. The number of hydrogen-bond donors (Lipinski definition) is 1. The van der Waals surface area contributed by atoms with Gasteiger partial charge in [0, 0.05) is 32.5 Å². The zero-order valence-corrected chi connectivity index (χ0v) is 11.8. The fourth-order valence-corrected chi connectivity index (χ4v) is 2.77. The van der Waals surface area contributed by atoms with Crippen LogP contribution in [-0.2, 0) is 11.2 Å². The van der Waals surface area contributed by atoms with E-state index < -0.39 is 0 Å². The molecule has 0 radical (unpaired) electrons. The van der Waals surface area contributed by atoms with Crippen LogP contribution in [-0.4, -0.2) is 37.0 Å². The third-order valence-electron chi connectivity index (χ3n) is 2.82. The normalized spacial score (nSPS) is 11.3. The van der Waals surface area contributed by atoms with Crippen molar-refractivity contribution in [2.75, 3.05) is 26.8 Å². The average molecular weight is 257 g/mol. The Balaban J connectivity index is 2.30. The Labute approximate surface area is 108 Å². The molecule has 0 aromatic carbocycles. The van der Waals surface area contributed by atoms with Crippen LogP contribution >= 0.6 is 11.3 Å². The first-order chi connectivity index (χ1) is 8.31. The minimum Gasteiger partial charge on any atom is -0.383 e. The highest BCUT2D eigenvalue weighted by Gasteiger charge is 2.12. The van der Waals surface area contributed by atoms with Crippen LogP contribution in [0.2, 0.25) is 0 Å². The van der Waals surface area contributed by atoms with E-state index in [1.54, 1.807) is 18.4 Å². The molecule has 0 amide bonds. The van der Waals surface area contributed by atoms with E-state index in [1.807, 2.05) is 0 Å². The minimum absolute atomic E-state index is 0.586. The van der Waals surface area contributed by atoms with Crippen molar-refractivity contribution in [2.24, 2.45) is 0 Å². The van der Waals surface area contributed by atoms with Crippen molar-refractivity contribution in [1.82, 2.24) is 15.5 Å². The Hall–Kier alpha value is -0.520. The molecule has 0 unspecified atom stereocenters. The van der Waals surface area contributed by atoms with Gasteiger partial charge in [0.05, 0.1) is 6.61 Å². The van der Waals surface area contributed by atoms with Crippen LogP contribution in [0, 0.1) is 0 Å². The maximum atomic E-state index is 4.97. The van der Waals surface area contributed by atoms with E-state index in [2.05, 4.69) is 29.4 Å². The molecule has 0 saturated carbocycles. The second kappa shape index (κ2) is 8.55. The molecule has 0 saturated heterocycles. The average Bonchev–Trinajstić information content (AvgIpc) is 2.79. The van der Waals surface area contributed by atoms with Gasteiger partial charge in [0.15, 0.2) is 0 Å². The lowest BCUT2D eigenvalue weighted by Crippen LogP contribution is -2.21. The quantitative estimate of drug-likeness (QED) is 0.689. The molecule has 5 heteroatoms. The van der Waals surface area contributed by atoms with E-state index in [0.29, 0.717) is 5.92 Å². The fourth-order valence-electron chi connectivity index (χ4n) is 1.67. The lowest BCUT2D eigenvalue weighted by Gasteiger charge is -2.05. The smallest absolute Gasteiger partial charge is 0.120 e. The minimum atomic E-state index is 0.586. The monoisotopic (exact) mass is 257 g/mol. The number of methoxy groups -OCH3 is 1. The molecule has 17 heavy (non-hydrogen) atoms. The van der Waals surface area contributed by atoms with Gasteiger partial charge in [0.25, 0.3) is 0 Å². The van der Waals surface area contributed by atoms with Gasteiger partial charge in [-0.05, 0) is 12.8 Å². The molecule has 1 N–H and O–H groups in total. The lowest BCUT2D eigenvalue weighted by atomic mass is 10.1. The predicted octanol–water partition coefficient (Wildman–Crippen LogP) is 2.22. The second-order valence-electron chi connectivity index (χ2n) is 4.04. The summed E-state index contributed by atoms with van der Waals surface area (Å²) in [6, 6.07) is 0. The first kappa shape index (κ1) is 14.5. The van der Waals surface area contributed by atoms with Crippen molar-refractivity contribution in [3.63, 3.8) is 0 Å². The van der Waals surface area contributed by atoms with Gasteiger partial charge in [-0.1, -0.05) is 13.8 Å². The van der Waals surface area contributed by atoms with Gasteiger partial charge in [0.1, 0.15) is 10.0 Å². The molecule has 1 rings (SSSR count). The molecule has 0 bridgehead atoms. The highest BCUT2D eigenvalue weighted by Crippen LogP contribution is 2.25. The van der Waals surface area contributed by atoms with E-state index in [1.165, 1.54) is 5.01 Å². The van der Waals surface area contributed by atoms with Crippen LogP contribution in [0.5, 0.6) is 0 Å². The van der Waals surface area contributed by atoms with Crippen LogP contribution in [0.15, 0.2) is 0 Å². The van der Waals surface area contributed by atoms with Gasteiger partial charge in [-0.3, -0.25) is 0 Å². The van der Waals surface area contributed by atoms with Crippen molar-refractivity contribution < 1.29 is 4.74 Å². The summed E-state index contributed by atoms with van der Waals surface area (Å²) in [5, 5.41) is 14.2. The van der Waals surface area contributed by atoms with Crippen LogP contribution in [0.25, 0.3) is 0 Å². The molecule has 0 aliphatic rings. The Morgan fingerprint density at radius 2 is 2.00 bits per heavy atom. The van der Waals surface area contributed by atoms with Gasteiger partial charge < -0.3 is 10.1 Å². The molecule has 0 atom stereocenters. The van der Waals surface area contributed by atoms with Gasteiger partial charge >= 0.3 is 0 Å². The Bertz CT molecular complexity index is 300. The summed E-state index contributed by atoms with van der Waals surface area (Å²) in [5.74, 6) is 0.586. The molecule has 4 nitrogen and oxygen atoms in total. The molecular formula is C12H23N3OS. The molecule has 0 aliphatic carbocycles. The Kier molecular flexibility index (Phi) is 7.32. The number of rotatable bonds is 9. The molecule has 1 heterocycles. The predicted molar refractivity (Wildman–Crippen MR) is 71.7 cm³/mol. The van der Waals surface area contributed by atoms with Gasteiger partial charge in [-0.25, -0.2) is 0 Å². The summed E-state index contributed by atoms with van der Waals surface area (Å²) in [7, 11) is 1.72. The van der Waals surface area contributed by atoms with E-state index in [4.69, 9.17) is 4.74 Å². The molecule has 0 fully saturated rings. The van der Waals surface area contributed by atoms with Crippen molar-refractivity contribution >= 4 is 11.3 Å². The fraction of sp³-hybridized carbons (Fsp3) is 0.833. The molecule has 1 aromatic rings. The zero-order chi connectivity index (χ0) is 12.5. The van der Waals surface area contributed by atoms with Crippen molar-refractivity contribution in [2.45, 2.75) is 39.0 Å². The van der Waals surface area contributed by atoms with Crippen LogP contribution in [0.1, 0.15) is 42.6 Å². The first-order valence-electron chi connectivity index (χ1n) is 6.33. The van der Waals surface area contributed by atoms with E-state index in [9.17, 15) is 0 Å². The Morgan fingerprint density at radius 3 is 2.65 bits per heavy atom. The van der Waals surface area contributed by atoms with Gasteiger partial charge in [-0.2, -0.15) is 0 Å². The molecule has 98 valence electrons. The number of hydrogen-bond acceptors (Lipinski definition) is 5. The summed E-state index contributed by atoms with van der Waals surface area (Å²) in [5.41, 5.74) is 0. The zero-order valence-electron chi connectivity index (χ0n) is 11.0.